The van der Waals surface area contributed by atoms with E-state index in [1.807, 2.05) is 43.3 Å². The summed E-state index contributed by atoms with van der Waals surface area (Å²) in [6, 6.07) is 20.6. The largest absolute Gasteiger partial charge is 0.481 e. The topological polar surface area (TPSA) is 94.8 Å². The predicted molar refractivity (Wildman–Crippen MR) is 129 cm³/mol. The number of aliphatic carboxylic acids is 1. The van der Waals surface area contributed by atoms with Crippen molar-refractivity contribution in [1.82, 2.24) is 4.98 Å². The number of benzene rings is 2. The van der Waals surface area contributed by atoms with E-state index in [2.05, 4.69) is 46.6 Å². The highest BCUT2D eigenvalue weighted by atomic mass is 16.4. The Morgan fingerprint density at radius 1 is 1.12 bits per heavy atom. The Labute approximate surface area is 194 Å². The molecule has 1 saturated carbocycles. The zero-order valence-electron chi connectivity index (χ0n) is 18.9. The van der Waals surface area contributed by atoms with Crippen LogP contribution in [0.25, 0.3) is 0 Å². The van der Waals surface area contributed by atoms with E-state index in [-0.39, 0.29) is 17.9 Å². The molecule has 1 aromatic heterocycles. The molecule has 0 bridgehead atoms. The van der Waals surface area contributed by atoms with Crippen molar-refractivity contribution in [3.8, 4) is 0 Å². The maximum Gasteiger partial charge on any atom is 0.306 e. The molecule has 1 fully saturated rings. The number of carboxylic acid groups (broad SMARTS) is 1. The Hall–Kier alpha value is -3.67. The minimum Gasteiger partial charge on any atom is -0.481 e. The van der Waals surface area contributed by atoms with Crippen molar-refractivity contribution in [2.45, 2.75) is 45.1 Å². The lowest BCUT2D eigenvalue weighted by molar-refractivity contribution is -0.144. The summed E-state index contributed by atoms with van der Waals surface area (Å²) in [5.74, 6) is -0.935. The van der Waals surface area contributed by atoms with E-state index in [9.17, 15) is 10.0 Å². The number of aromatic nitrogens is 1. The molecule has 3 aromatic rings. The van der Waals surface area contributed by atoms with E-state index >= 15 is 0 Å². The molecular formula is C27H29N3O3. The first-order valence-electron chi connectivity index (χ1n) is 11.2. The zero-order chi connectivity index (χ0) is 23.4. The monoisotopic (exact) mass is 443 g/mol. The van der Waals surface area contributed by atoms with E-state index < -0.39 is 5.97 Å². The summed E-state index contributed by atoms with van der Waals surface area (Å²) in [7, 11) is 0. The molecule has 0 amide bonds. The molecule has 0 spiro atoms. The molecule has 4 rings (SSSR count). The number of aryl methyl sites for hydroxylation is 2. The fraction of sp³-hybridized carbons (Fsp3) is 0.296. The Morgan fingerprint density at radius 2 is 1.85 bits per heavy atom. The second-order valence-corrected chi connectivity index (χ2v) is 8.82. The number of nitrogens with zero attached hydrogens (tertiary/aromatic N) is 2. The van der Waals surface area contributed by atoms with Crippen molar-refractivity contribution in [3.63, 3.8) is 0 Å². The highest BCUT2D eigenvalue weighted by Crippen LogP contribution is 2.34. The molecule has 0 aliphatic heterocycles. The molecule has 33 heavy (non-hydrogen) atoms. The van der Waals surface area contributed by atoms with E-state index in [0.717, 1.165) is 22.5 Å². The summed E-state index contributed by atoms with van der Waals surface area (Å²) in [5, 5.41) is 26.0. The van der Waals surface area contributed by atoms with Gasteiger partial charge in [-0.15, -0.1) is 0 Å². The summed E-state index contributed by atoms with van der Waals surface area (Å²) in [6.07, 6.45) is 3.59. The first-order valence-corrected chi connectivity index (χ1v) is 11.2. The van der Waals surface area contributed by atoms with E-state index in [4.69, 9.17) is 5.11 Å². The molecule has 3 N–H and O–H groups in total. The van der Waals surface area contributed by atoms with Gasteiger partial charge < -0.3 is 15.6 Å². The van der Waals surface area contributed by atoms with E-state index in [0.29, 0.717) is 25.0 Å². The van der Waals surface area contributed by atoms with Crippen LogP contribution in [-0.2, 0) is 4.79 Å². The van der Waals surface area contributed by atoms with Crippen LogP contribution in [0.3, 0.4) is 0 Å². The second-order valence-electron chi connectivity index (χ2n) is 8.82. The molecule has 2 aromatic carbocycles. The number of pyridine rings is 1. The van der Waals surface area contributed by atoms with E-state index in [1.165, 1.54) is 11.1 Å². The lowest BCUT2D eigenvalue weighted by atomic mass is 9.80. The minimum atomic E-state index is -0.713. The summed E-state index contributed by atoms with van der Waals surface area (Å²) in [5.41, 5.74) is 6.83. The fourth-order valence-electron chi connectivity index (χ4n) is 4.50. The van der Waals surface area contributed by atoms with Crippen LogP contribution in [0, 0.1) is 19.8 Å². The van der Waals surface area contributed by atoms with Gasteiger partial charge in [-0.05, 0) is 67.6 Å². The van der Waals surface area contributed by atoms with Crippen LogP contribution < -0.4 is 5.32 Å². The van der Waals surface area contributed by atoms with Gasteiger partial charge in [0.25, 0.3) is 0 Å². The molecule has 0 unspecified atom stereocenters. The van der Waals surface area contributed by atoms with Gasteiger partial charge in [-0.25, -0.2) is 0 Å². The number of nitrogens with one attached hydrogen (secondary N) is 1. The third-order valence-corrected chi connectivity index (χ3v) is 6.48. The third-order valence-electron chi connectivity index (χ3n) is 6.48. The van der Waals surface area contributed by atoms with E-state index in [1.54, 1.807) is 6.20 Å². The number of hydrogen-bond donors (Lipinski definition) is 3. The number of rotatable bonds is 8. The molecule has 6 nitrogen and oxygen atoms in total. The average molecular weight is 444 g/mol. The van der Waals surface area contributed by atoms with Gasteiger partial charge in [0.15, 0.2) is 0 Å². The van der Waals surface area contributed by atoms with Crippen LogP contribution in [0.15, 0.2) is 72.0 Å². The normalized spacial score (nSPS) is 18.9. The van der Waals surface area contributed by atoms with Gasteiger partial charge >= 0.3 is 5.97 Å². The van der Waals surface area contributed by atoms with Crippen LogP contribution in [0.4, 0.5) is 5.69 Å². The van der Waals surface area contributed by atoms with Crippen LogP contribution in [0.1, 0.15) is 53.1 Å². The first-order chi connectivity index (χ1) is 15.9. The molecule has 0 radical (unpaired) electrons. The van der Waals surface area contributed by atoms with Gasteiger partial charge in [0.1, 0.15) is 0 Å². The Kier molecular flexibility index (Phi) is 6.73. The SMILES string of the molecule is Cc1cc(/C(C[C@H](c2ccc(N[C@H]3C[C@@H](C(=O)O)C3)cc2)c2ccccc2C)=N/O)ccn1. The predicted octanol–water partition coefficient (Wildman–Crippen LogP) is 5.37. The van der Waals surface area contributed by atoms with Crippen LogP contribution >= 0.6 is 0 Å². The molecule has 1 heterocycles. The summed E-state index contributed by atoms with van der Waals surface area (Å²) < 4.78 is 0. The van der Waals surface area contributed by atoms with Gasteiger partial charge in [-0.2, -0.15) is 0 Å². The number of anilines is 1. The Morgan fingerprint density at radius 3 is 2.48 bits per heavy atom. The quantitative estimate of drug-likeness (QED) is 0.247. The maximum absolute atomic E-state index is 11.0. The molecule has 1 aliphatic carbocycles. The molecule has 1 aliphatic rings. The van der Waals surface area contributed by atoms with Crippen molar-refractivity contribution in [3.05, 3.63) is 94.8 Å². The van der Waals surface area contributed by atoms with Gasteiger partial charge in [0.05, 0.1) is 11.6 Å². The summed E-state index contributed by atoms with van der Waals surface area (Å²) in [4.78, 5) is 15.3. The zero-order valence-corrected chi connectivity index (χ0v) is 18.9. The molecule has 6 heteroatoms. The van der Waals surface area contributed by atoms with Crippen LogP contribution in [-0.4, -0.2) is 33.0 Å². The third kappa shape index (κ3) is 5.22. The standard InChI is InChI=1S/C27H29N3O3/c1-17-5-3-4-6-24(17)25(16-26(30-33)20-11-12-28-18(2)13-20)19-7-9-22(10-8-19)29-23-14-21(15-23)27(31)32/h3-13,21,23,25,29,33H,14-16H2,1-2H3,(H,31,32)/b30-26+/t21-,23+,25-/m1/s1. The lowest BCUT2D eigenvalue weighted by Gasteiger charge is -2.33. The first kappa shape index (κ1) is 22.5. The van der Waals surface area contributed by atoms with Crippen LogP contribution in [0.2, 0.25) is 0 Å². The summed E-state index contributed by atoms with van der Waals surface area (Å²) >= 11 is 0. The molecular weight excluding hydrogens is 414 g/mol. The molecule has 170 valence electrons. The molecule has 1 atom stereocenters. The number of oxime groups is 1. The van der Waals surface area contributed by atoms with Crippen molar-refractivity contribution in [1.29, 1.82) is 0 Å². The maximum atomic E-state index is 11.0. The minimum absolute atomic E-state index is 0.0136. The second kappa shape index (κ2) is 9.86. The lowest BCUT2D eigenvalue weighted by Crippen LogP contribution is -2.39. The average Bonchev–Trinajstić information content (AvgIpc) is 2.78. The highest BCUT2D eigenvalue weighted by Gasteiger charge is 2.34. The number of carbonyl (C=O) groups is 1. The van der Waals surface area contributed by atoms with Crippen LogP contribution in [0.5, 0.6) is 0 Å². The van der Waals surface area contributed by atoms with Crippen molar-refractivity contribution >= 4 is 17.4 Å². The van der Waals surface area contributed by atoms with Gasteiger partial charge in [-0.1, -0.05) is 41.6 Å². The summed E-state index contributed by atoms with van der Waals surface area (Å²) in [6.45, 7) is 4.02. The van der Waals surface area contributed by atoms with Crippen molar-refractivity contribution < 1.29 is 15.1 Å². The highest BCUT2D eigenvalue weighted by molar-refractivity contribution is 6.01. The number of carboxylic acids is 1. The Balaban J connectivity index is 1.58. The van der Waals surface area contributed by atoms with Crippen molar-refractivity contribution in [2.24, 2.45) is 11.1 Å². The smallest absolute Gasteiger partial charge is 0.306 e. The van der Waals surface area contributed by atoms with Gasteiger partial charge in [0, 0.05) is 41.5 Å². The number of hydrogen-bond acceptors (Lipinski definition) is 5. The van der Waals surface area contributed by atoms with Gasteiger partial charge in [0.2, 0.25) is 0 Å². The fourth-order valence-corrected chi connectivity index (χ4v) is 4.50. The Bertz CT molecular complexity index is 1150. The van der Waals surface area contributed by atoms with Gasteiger partial charge in [-0.3, -0.25) is 9.78 Å². The van der Waals surface area contributed by atoms with Crippen molar-refractivity contribution in [2.75, 3.05) is 5.32 Å². The molecule has 0 saturated heterocycles.